The molecule has 6 aromatic carbocycles. The number of benzene rings is 6. The average Bonchev–Trinajstić information content (AvgIpc) is 4.17. The molecule has 0 radical (unpaired) electrons. The van der Waals surface area contributed by atoms with Crippen LogP contribution in [0.15, 0.2) is 146 Å². The van der Waals surface area contributed by atoms with Crippen molar-refractivity contribution in [3.8, 4) is 40.1 Å². The van der Waals surface area contributed by atoms with Gasteiger partial charge in [0.1, 0.15) is 44.0 Å². The minimum absolute atomic E-state index is 0.00324. The van der Waals surface area contributed by atoms with Crippen molar-refractivity contribution in [1.82, 2.24) is 14.8 Å². The van der Waals surface area contributed by atoms with Crippen LogP contribution in [0.5, 0.6) is 23.1 Å². The van der Waals surface area contributed by atoms with E-state index in [0.29, 0.717) is 40.3 Å². The topological polar surface area (TPSA) is 490 Å². The standard InChI is InChI=1S/C43H35N9O22S7/c1-21-15-31(33(74-13-6-14-76(55,56)57)20-30(21)46-50-43-44-28-11-12-32(73-2)41(39(28)75-43)81(70,71)72)47-48-36-34(79(64,65)66)19-27-26(38(36)53)9-10-29(40(27)80(67,68)69)45-49-37-35(22-7-4-3-5-8-22)51-52(42(37)54)23-16-24(77(58,59)60)18-25(17-23)78(61,62)63/h3-5,7-12,15-20,53-54H,6,13-14H2,1-2H3,(H,55,56,57)(H,58,59,60)(H,61,62,63)(H,64,65,66)(H,67,68,69)(H,70,71,72). The van der Waals surface area contributed by atoms with E-state index in [1.54, 1.807) is 6.07 Å². The number of phenols is 1. The van der Waals surface area contributed by atoms with Crippen molar-refractivity contribution in [1.29, 1.82) is 0 Å². The van der Waals surface area contributed by atoms with Crippen molar-refractivity contribution in [2.75, 3.05) is 19.5 Å². The Labute approximate surface area is 460 Å². The van der Waals surface area contributed by atoms with Crippen LogP contribution >= 0.6 is 11.3 Å². The normalized spacial score (nSPS) is 13.1. The minimum atomic E-state index is -5.60. The van der Waals surface area contributed by atoms with Crippen LogP contribution in [0.3, 0.4) is 0 Å². The van der Waals surface area contributed by atoms with Crippen LogP contribution in [-0.2, 0) is 60.7 Å². The molecule has 31 nitrogen and oxygen atoms in total. The molecule has 0 unspecified atom stereocenters. The third kappa shape index (κ3) is 13.0. The van der Waals surface area contributed by atoms with Crippen molar-refractivity contribution in [2.24, 2.45) is 30.7 Å². The molecule has 8 N–H and O–H groups in total. The van der Waals surface area contributed by atoms with Crippen molar-refractivity contribution in [3.63, 3.8) is 0 Å². The van der Waals surface area contributed by atoms with E-state index >= 15 is 0 Å². The molecule has 8 rings (SSSR count). The van der Waals surface area contributed by atoms with Crippen LogP contribution in [0.1, 0.15) is 12.0 Å². The lowest BCUT2D eigenvalue weighted by molar-refractivity contribution is 0.317. The van der Waals surface area contributed by atoms with Gasteiger partial charge in [0.15, 0.2) is 16.3 Å². The Morgan fingerprint density at radius 2 is 1.21 bits per heavy atom. The molecule has 38 heteroatoms. The van der Waals surface area contributed by atoms with Crippen LogP contribution in [0.4, 0.5) is 33.6 Å². The molecule has 0 aliphatic heterocycles. The lowest BCUT2D eigenvalue weighted by Gasteiger charge is -2.13. The molecular formula is C43H35N9O22S7. The first-order valence-corrected chi connectivity index (χ1v) is 31.4. The maximum Gasteiger partial charge on any atom is 0.299 e. The Morgan fingerprint density at radius 3 is 1.80 bits per heavy atom. The molecule has 2 heterocycles. The molecule has 2 aromatic heterocycles. The summed E-state index contributed by atoms with van der Waals surface area (Å²) in [6.45, 7) is 1.02. The van der Waals surface area contributed by atoms with Crippen molar-refractivity contribution >= 4 is 127 Å². The van der Waals surface area contributed by atoms with Gasteiger partial charge in [-0.15, -0.1) is 30.7 Å². The fourth-order valence-corrected chi connectivity index (χ4v) is 12.7. The van der Waals surface area contributed by atoms with E-state index < -0.39 is 143 Å². The molecule has 0 bridgehead atoms. The number of phenolic OH excluding ortho intramolecular Hbond substituents is 1. The summed E-state index contributed by atoms with van der Waals surface area (Å²) in [5.41, 5.74) is -3.34. The zero-order valence-electron chi connectivity index (χ0n) is 40.5. The number of hydrogen-bond donors (Lipinski definition) is 8. The molecular weight excluding hydrogens is 1220 g/mol. The van der Waals surface area contributed by atoms with Crippen molar-refractivity contribution in [2.45, 2.75) is 37.8 Å². The van der Waals surface area contributed by atoms with Gasteiger partial charge in [0.2, 0.25) is 11.0 Å². The highest BCUT2D eigenvalue weighted by molar-refractivity contribution is 7.87. The second-order valence-electron chi connectivity index (χ2n) is 16.6. The van der Waals surface area contributed by atoms with Gasteiger partial charge in [0.05, 0.1) is 50.9 Å². The van der Waals surface area contributed by atoms with Crippen LogP contribution in [0.2, 0.25) is 0 Å². The molecule has 0 spiro atoms. The maximum atomic E-state index is 13.2. The zero-order chi connectivity index (χ0) is 59.4. The number of aromatic hydroxyl groups is 2. The van der Waals surface area contributed by atoms with Crippen LogP contribution in [-0.4, -0.2) is 122 Å². The predicted octanol–water partition coefficient (Wildman–Crippen LogP) is 8.17. The second-order valence-corrected chi connectivity index (χ2v) is 26.1. The number of azo groups is 3. The maximum absolute atomic E-state index is 13.2. The molecule has 8 aromatic rings. The average molecular weight is 1250 g/mol. The van der Waals surface area contributed by atoms with Gasteiger partial charge in [0, 0.05) is 22.4 Å². The number of thiazole rings is 1. The molecule has 0 amide bonds. The van der Waals surface area contributed by atoms with E-state index in [-0.39, 0.29) is 61.5 Å². The third-order valence-electron chi connectivity index (χ3n) is 11.1. The largest absolute Gasteiger partial charge is 0.505 e. The monoisotopic (exact) mass is 1250 g/mol. The van der Waals surface area contributed by atoms with E-state index in [2.05, 4.69) is 40.8 Å². The molecule has 0 saturated carbocycles. The summed E-state index contributed by atoms with van der Waals surface area (Å²) >= 11 is 0.710. The number of ether oxygens (including phenoxy) is 2. The van der Waals surface area contributed by atoms with Gasteiger partial charge in [-0.05, 0) is 73.5 Å². The van der Waals surface area contributed by atoms with Gasteiger partial charge < -0.3 is 19.7 Å². The SMILES string of the molecule is COc1ccc2nc(N=Nc3cc(OCCCS(=O)(=O)O)c(N=Nc4c(S(=O)(=O)O)cc5c(S(=O)(=O)O)c(N=Nc6c(-c7ccccc7)nn(-c7cc(S(=O)(=O)O)cc(S(=O)(=O)O)c7)c6O)ccc5c4O)cc3C)sc2c1S(=O)(=O)O. The van der Waals surface area contributed by atoms with Crippen LogP contribution in [0.25, 0.3) is 37.9 Å². The van der Waals surface area contributed by atoms with E-state index in [9.17, 15) is 88.0 Å². The summed E-state index contributed by atoms with van der Waals surface area (Å²) < 4.78 is 219. The van der Waals surface area contributed by atoms with Gasteiger partial charge >= 0.3 is 0 Å². The van der Waals surface area contributed by atoms with E-state index in [0.717, 1.165) is 12.1 Å². The highest BCUT2D eigenvalue weighted by Crippen LogP contribution is 2.48. The Kier molecular flexibility index (Phi) is 16.0. The number of hydrogen-bond acceptors (Lipinski definition) is 25. The van der Waals surface area contributed by atoms with Gasteiger partial charge in [-0.1, -0.05) is 41.7 Å². The highest BCUT2D eigenvalue weighted by atomic mass is 32.2. The molecule has 81 heavy (non-hydrogen) atoms. The molecule has 426 valence electrons. The Balaban J connectivity index is 1.24. The lowest BCUT2D eigenvalue weighted by Crippen LogP contribution is -2.08. The summed E-state index contributed by atoms with van der Waals surface area (Å²) in [6, 6.07) is 16.4. The molecule has 0 atom stereocenters. The number of rotatable bonds is 19. The number of nitrogens with zero attached hydrogens (tertiary/aromatic N) is 9. The number of fused-ring (bicyclic) bond motifs is 2. The number of aromatic nitrogens is 3. The summed E-state index contributed by atoms with van der Waals surface area (Å²) in [4.78, 5) is -1.13. The summed E-state index contributed by atoms with van der Waals surface area (Å²) in [5.74, 6) is -3.49. The van der Waals surface area contributed by atoms with Crippen LogP contribution in [0, 0.1) is 6.92 Å². The third-order valence-corrected chi connectivity index (χ3v) is 17.4. The van der Waals surface area contributed by atoms with Gasteiger partial charge in [0.25, 0.3) is 60.7 Å². The Hall–Kier alpha value is -7.86. The fourth-order valence-electron chi connectivity index (χ4n) is 7.54. The smallest absolute Gasteiger partial charge is 0.299 e. The highest BCUT2D eigenvalue weighted by Gasteiger charge is 2.30. The first-order chi connectivity index (χ1) is 37.6. The van der Waals surface area contributed by atoms with E-state index in [1.165, 1.54) is 62.6 Å². The summed E-state index contributed by atoms with van der Waals surface area (Å²) in [6.07, 6.45) is -0.311. The zero-order valence-corrected chi connectivity index (χ0v) is 46.2. The molecule has 0 aliphatic rings. The molecule has 0 saturated heterocycles. The molecule has 0 fully saturated rings. The fraction of sp³-hybridized carbons (Fsp3) is 0.116. The summed E-state index contributed by atoms with van der Waals surface area (Å²) in [5, 5.41) is 49.6. The first kappa shape index (κ1) is 59.3. The summed E-state index contributed by atoms with van der Waals surface area (Å²) in [7, 11) is -29.7. The van der Waals surface area contributed by atoms with Gasteiger partial charge in [-0.2, -0.15) is 60.3 Å². The first-order valence-electron chi connectivity index (χ1n) is 21.8. The minimum Gasteiger partial charge on any atom is -0.505 e. The van der Waals surface area contributed by atoms with Crippen molar-refractivity contribution < 1.29 is 97.5 Å². The number of aryl methyl sites for hydroxylation is 1. The predicted molar refractivity (Wildman–Crippen MR) is 282 cm³/mol. The Morgan fingerprint density at radius 1 is 0.593 bits per heavy atom. The van der Waals surface area contributed by atoms with Crippen molar-refractivity contribution in [3.05, 3.63) is 96.6 Å². The quantitative estimate of drug-likeness (QED) is 0.0215. The molecule has 0 aliphatic carbocycles. The van der Waals surface area contributed by atoms with Gasteiger partial charge in [-0.3, -0.25) is 27.3 Å². The second kappa shape index (κ2) is 21.9. The lowest BCUT2D eigenvalue weighted by atomic mass is 10.1. The number of methoxy groups -OCH3 is 1. The van der Waals surface area contributed by atoms with Crippen LogP contribution < -0.4 is 9.47 Å². The van der Waals surface area contributed by atoms with E-state index in [4.69, 9.17) is 9.47 Å². The van der Waals surface area contributed by atoms with Gasteiger partial charge in [-0.25, -0.2) is 4.98 Å². The van der Waals surface area contributed by atoms with E-state index in [1.807, 2.05) is 0 Å². The Bertz CT molecular complexity index is 4680.